The Morgan fingerprint density at radius 1 is 1.15 bits per heavy atom. The van der Waals surface area contributed by atoms with Crippen molar-refractivity contribution in [3.05, 3.63) is 62.6 Å². The molecule has 27 heavy (non-hydrogen) atoms. The number of carbonyl (C=O) groups excluding carboxylic acids is 1. The van der Waals surface area contributed by atoms with Crippen LogP contribution in [0.1, 0.15) is 48.9 Å². The van der Waals surface area contributed by atoms with Gasteiger partial charge in [0.25, 0.3) is 0 Å². The Morgan fingerprint density at radius 2 is 1.78 bits per heavy atom. The second-order valence-electron chi connectivity index (χ2n) is 6.57. The van der Waals surface area contributed by atoms with Gasteiger partial charge in [0.1, 0.15) is 5.75 Å². The molecule has 1 atom stereocenters. The number of halogens is 3. The summed E-state index contributed by atoms with van der Waals surface area (Å²) < 4.78 is 23.3. The third kappa shape index (κ3) is 5.60. The van der Waals surface area contributed by atoms with Gasteiger partial charge in [0, 0.05) is 16.5 Å². The summed E-state index contributed by atoms with van der Waals surface area (Å²) in [6, 6.07) is 9.17. The van der Waals surface area contributed by atoms with Crippen LogP contribution in [0.4, 0.5) is 4.39 Å². The fraction of sp³-hybridized carbons (Fsp3) is 0.381. The molecule has 0 saturated carbocycles. The first-order valence-electron chi connectivity index (χ1n) is 8.77. The highest BCUT2D eigenvalue weighted by molar-refractivity contribution is 6.36. The molecule has 0 heterocycles. The van der Waals surface area contributed by atoms with Crippen molar-refractivity contribution in [3.63, 3.8) is 0 Å². The number of esters is 1. The van der Waals surface area contributed by atoms with E-state index in [9.17, 15) is 9.18 Å². The van der Waals surface area contributed by atoms with Crippen molar-refractivity contribution in [3.8, 4) is 5.75 Å². The monoisotopic (exact) mass is 412 g/mol. The summed E-state index contributed by atoms with van der Waals surface area (Å²) in [5.41, 5.74) is 4.31. The number of hydrogen-bond acceptors (Lipinski definition) is 3. The molecule has 146 valence electrons. The van der Waals surface area contributed by atoms with Crippen LogP contribution in [-0.2, 0) is 16.0 Å². The number of aryl methyl sites for hydroxylation is 1. The lowest BCUT2D eigenvalue weighted by Crippen LogP contribution is -2.24. The van der Waals surface area contributed by atoms with E-state index < -0.39 is 12.3 Å². The molecule has 0 aliphatic rings. The Morgan fingerprint density at radius 3 is 2.33 bits per heavy atom. The molecule has 6 heteroatoms. The quantitative estimate of drug-likeness (QED) is 0.503. The summed E-state index contributed by atoms with van der Waals surface area (Å²) in [6.07, 6.45) is -1.69. The van der Waals surface area contributed by atoms with E-state index in [-0.39, 0.29) is 12.4 Å². The summed E-state index contributed by atoms with van der Waals surface area (Å²) >= 11 is 12.7. The van der Waals surface area contributed by atoms with Crippen LogP contribution in [0.2, 0.25) is 10.0 Å². The van der Waals surface area contributed by atoms with E-state index in [0.717, 1.165) is 11.1 Å². The largest absolute Gasteiger partial charge is 0.461 e. The Balaban J connectivity index is 2.22. The molecule has 0 spiro atoms. The molecule has 0 radical (unpaired) electrons. The minimum Gasteiger partial charge on any atom is -0.461 e. The molecule has 3 nitrogen and oxygen atoms in total. The molecule has 2 aromatic rings. The number of carbonyl (C=O) groups is 1. The van der Waals surface area contributed by atoms with Gasteiger partial charge in [-0.2, -0.15) is 4.39 Å². The molecular formula is C21H23Cl2FO3. The van der Waals surface area contributed by atoms with Crippen molar-refractivity contribution in [2.24, 2.45) is 0 Å². The maximum absolute atomic E-state index is 13.8. The highest BCUT2D eigenvalue weighted by atomic mass is 35.5. The zero-order valence-electron chi connectivity index (χ0n) is 15.8. The predicted octanol–water partition coefficient (Wildman–Crippen LogP) is 6.25. The van der Waals surface area contributed by atoms with Crippen molar-refractivity contribution in [2.45, 2.75) is 46.4 Å². The first-order valence-corrected chi connectivity index (χ1v) is 9.53. The second kappa shape index (κ2) is 9.43. The highest BCUT2D eigenvalue weighted by Crippen LogP contribution is 2.33. The average Bonchev–Trinajstić information content (AvgIpc) is 2.59. The topological polar surface area (TPSA) is 35.5 Å². The van der Waals surface area contributed by atoms with E-state index in [1.165, 1.54) is 23.3 Å². The summed E-state index contributed by atoms with van der Waals surface area (Å²) in [7, 11) is 0. The van der Waals surface area contributed by atoms with Gasteiger partial charge < -0.3 is 9.47 Å². The third-order valence-electron chi connectivity index (χ3n) is 4.17. The van der Waals surface area contributed by atoms with E-state index in [1.54, 1.807) is 6.92 Å². The first kappa shape index (κ1) is 21.5. The molecule has 0 amide bonds. The van der Waals surface area contributed by atoms with Crippen LogP contribution in [0.15, 0.2) is 30.3 Å². The lowest BCUT2D eigenvalue weighted by molar-refractivity contribution is -0.159. The van der Waals surface area contributed by atoms with Crippen LogP contribution in [-0.4, -0.2) is 18.9 Å². The Kier molecular flexibility index (Phi) is 7.51. The van der Waals surface area contributed by atoms with Crippen LogP contribution < -0.4 is 4.74 Å². The van der Waals surface area contributed by atoms with E-state index in [4.69, 9.17) is 27.9 Å². The third-order valence-corrected chi connectivity index (χ3v) is 4.85. The predicted molar refractivity (Wildman–Crippen MR) is 107 cm³/mol. The molecule has 0 fully saturated rings. The molecule has 0 aliphatic heterocycles. The minimum absolute atomic E-state index is 0.0674. The highest BCUT2D eigenvalue weighted by Gasteiger charge is 2.21. The summed E-state index contributed by atoms with van der Waals surface area (Å²) in [4.78, 5) is 11.4. The SMILES string of the molecule is CCOC(=O)C(F)Oc1cc(Cl)c(Cc2ccc(C)c(C(C)C)c2)c(Cl)c1. The molecule has 0 aromatic heterocycles. The van der Waals surface area contributed by atoms with Gasteiger partial charge in [-0.3, -0.25) is 0 Å². The molecule has 2 aromatic carbocycles. The Labute approximate surface area is 169 Å². The number of benzene rings is 2. The van der Waals surface area contributed by atoms with Gasteiger partial charge in [-0.05, 0) is 54.2 Å². The summed E-state index contributed by atoms with van der Waals surface area (Å²) in [5, 5.41) is 0.695. The molecule has 0 N–H and O–H groups in total. The summed E-state index contributed by atoms with van der Waals surface area (Å²) in [6.45, 7) is 8.04. The average molecular weight is 413 g/mol. The summed E-state index contributed by atoms with van der Waals surface area (Å²) in [5.74, 6) is -0.605. The van der Waals surface area contributed by atoms with E-state index in [2.05, 4.69) is 37.6 Å². The first-order chi connectivity index (χ1) is 12.7. The van der Waals surface area contributed by atoms with Gasteiger partial charge in [-0.1, -0.05) is 55.2 Å². The van der Waals surface area contributed by atoms with Gasteiger partial charge >= 0.3 is 12.3 Å². The number of rotatable bonds is 7. The Bertz CT molecular complexity index is 798. The lowest BCUT2D eigenvalue weighted by Gasteiger charge is -2.15. The van der Waals surface area contributed by atoms with E-state index in [0.29, 0.717) is 22.4 Å². The van der Waals surface area contributed by atoms with Crippen molar-refractivity contribution in [1.29, 1.82) is 0 Å². The van der Waals surface area contributed by atoms with Crippen molar-refractivity contribution in [1.82, 2.24) is 0 Å². The van der Waals surface area contributed by atoms with Crippen LogP contribution in [0, 0.1) is 6.92 Å². The lowest BCUT2D eigenvalue weighted by atomic mass is 9.93. The normalized spacial score (nSPS) is 12.1. The second-order valence-corrected chi connectivity index (χ2v) is 7.39. The molecule has 0 bridgehead atoms. The fourth-order valence-electron chi connectivity index (χ4n) is 2.82. The molecule has 2 rings (SSSR count). The van der Waals surface area contributed by atoms with Crippen LogP contribution >= 0.6 is 23.2 Å². The number of hydrogen-bond donors (Lipinski definition) is 0. The smallest absolute Gasteiger partial charge is 0.381 e. The van der Waals surface area contributed by atoms with Crippen molar-refractivity contribution < 1.29 is 18.7 Å². The van der Waals surface area contributed by atoms with Crippen molar-refractivity contribution in [2.75, 3.05) is 6.61 Å². The molecule has 0 aliphatic carbocycles. The molecule has 0 saturated heterocycles. The van der Waals surface area contributed by atoms with Gasteiger partial charge in [0.15, 0.2) is 0 Å². The zero-order valence-corrected chi connectivity index (χ0v) is 17.3. The number of alkyl halides is 1. The maximum Gasteiger partial charge on any atom is 0.381 e. The maximum atomic E-state index is 13.8. The Hall–Kier alpha value is -1.78. The number of ether oxygens (including phenoxy) is 2. The van der Waals surface area contributed by atoms with Crippen molar-refractivity contribution >= 4 is 29.2 Å². The van der Waals surface area contributed by atoms with Crippen LogP contribution in [0.5, 0.6) is 5.75 Å². The molecule has 1 unspecified atom stereocenters. The standard InChI is InChI=1S/C21H23Cl2FO3/c1-5-26-21(25)20(24)27-15-10-18(22)17(19(23)11-15)9-14-7-6-13(4)16(8-14)12(2)3/h6-8,10-12,20H,5,9H2,1-4H3. The van der Waals surface area contributed by atoms with E-state index >= 15 is 0 Å². The van der Waals surface area contributed by atoms with Crippen LogP contribution in [0.3, 0.4) is 0 Å². The van der Waals surface area contributed by atoms with Crippen LogP contribution in [0.25, 0.3) is 0 Å². The van der Waals surface area contributed by atoms with E-state index in [1.807, 2.05) is 6.07 Å². The van der Waals surface area contributed by atoms with Gasteiger partial charge in [-0.15, -0.1) is 0 Å². The minimum atomic E-state index is -2.23. The van der Waals surface area contributed by atoms with Gasteiger partial charge in [-0.25, -0.2) is 4.79 Å². The molecular weight excluding hydrogens is 390 g/mol. The van der Waals surface area contributed by atoms with Gasteiger partial charge in [0.05, 0.1) is 6.61 Å². The zero-order chi connectivity index (χ0) is 20.1. The fourth-order valence-corrected chi connectivity index (χ4v) is 3.42. The van der Waals surface area contributed by atoms with Gasteiger partial charge in [0.2, 0.25) is 0 Å².